The van der Waals surface area contributed by atoms with E-state index in [1.54, 1.807) is 0 Å². The quantitative estimate of drug-likeness (QED) is 0.789. The summed E-state index contributed by atoms with van der Waals surface area (Å²) in [5.41, 5.74) is 1.57. The van der Waals surface area contributed by atoms with Crippen LogP contribution in [0.2, 0.25) is 0 Å². The Morgan fingerprint density at radius 3 is 2.42 bits per heavy atom. The van der Waals surface area contributed by atoms with Gasteiger partial charge in [0, 0.05) is 23.9 Å². The van der Waals surface area contributed by atoms with Gasteiger partial charge in [0.15, 0.2) is 0 Å². The Morgan fingerprint density at radius 2 is 1.88 bits per heavy atom. The predicted molar refractivity (Wildman–Crippen MR) is 105 cm³/mol. The van der Waals surface area contributed by atoms with Crippen LogP contribution in [0, 0.1) is 16.7 Å². The first-order chi connectivity index (χ1) is 12.1. The zero-order chi connectivity index (χ0) is 19.3. The number of ether oxygens (including phenoxy) is 1. The average molecular weight is 379 g/mol. The van der Waals surface area contributed by atoms with Crippen molar-refractivity contribution < 1.29 is 14.3 Å². The summed E-state index contributed by atoms with van der Waals surface area (Å²) >= 11 is 1.53. The Bertz CT molecular complexity index is 722. The lowest BCUT2D eigenvalue weighted by molar-refractivity contribution is -0.118. The van der Waals surface area contributed by atoms with E-state index in [1.165, 1.54) is 16.2 Å². The molecule has 1 aromatic rings. The van der Waals surface area contributed by atoms with Crippen molar-refractivity contribution in [1.29, 1.82) is 0 Å². The molecule has 0 atom stereocenters. The summed E-state index contributed by atoms with van der Waals surface area (Å²) in [5, 5.41) is 3.74. The number of nitrogens with one attached hydrogen (secondary N) is 1. The maximum atomic E-state index is 12.9. The second-order valence-electron chi connectivity index (χ2n) is 8.41. The second kappa shape index (κ2) is 6.64. The molecular formula is C20H30N2O3S. The highest BCUT2D eigenvalue weighted by Gasteiger charge is 2.68. The molecule has 1 aromatic heterocycles. The van der Waals surface area contributed by atoms with Gasteiger partial charge in [0.05, 0.1) is 12.2 Å². The lowest BCUT2D eigenvalue weighted by Gasteiger charge is -2.25. The van der Waals surface area contributed by atoms with Crippen molar-refractivity contribution >= 4 is 28.2 Å². The molecular weight excluding hydrogens is 348 g/mol. The molecule has 144 valence electrons. The smallest absolute Gasteiger partial charge is 0.341 e. The number of amides is 1. The standard InChI is InChI=1S/C20H30N2O3S/c1-7-22-10-9-12-13(11-22)26-17(14(12)18(24)25-8-2)21-16(23)15-19(3,4)20(15,5)6/h15H,7-11H2,1-6H3,(H,21,23). The van der Waals surface area contributed by atoms with E-state index in [2.05, 4.69) is 44.8 Å². The molecule has 1 amide bonds. The van der Waals surface area contributed by atoms with Crippen LogP contribution in [0.25, 0.3) is 0 Å². The van der Waals surface area contributed by atoms with Gasteiger partial charge in [0.2, 0.25) is 5.91 Å². The molecule has 2 aliphatic rings. The van der Waals surface area contributed by atoms with E-state index >= 15 is 0 Å². The number of thiophene rings is 1. The molecule has 1 saturated carbocycles. The minimum atomic E-state index is -0.320. The predicted octanol–water partition coefficient (Wildman–Crippen LogP) is 3.92. The van der Waals surface area contributed by atoms with Gasteiger partial charge in [-0.25, -0.2) is 4.79 Å². The van der Waals surface area contributed by atoms with Gasteiger partial charge in [0.25, 0.3) is 0 Å². The minimum absolute atomic E-state index is 0.0106. The molecule has 0 bridgehead atoms. The van der Waals surface area contributed by atoms with Gasteiger partial charge in [-0.1, -0.05) is 34.6 Å². The molecule has 1 aliphatic heterocycles. The first-order valence-corrected chi connectivity index (χ1v) is 10.3. The van der Waals surface area contributed by atoms with Gasteiger partial charge in [-0.15, -0.1) is 11.3 Å². The Labute approximate surface area is 160 Å². The molecule has 2 heterocycles. The van der Waals surface area contributed by atoms with Gasteiger partial charge in [-0.2, -0.15) is 0 Å². The number of hydrogen-bond acceptors (Lipinski definition) is 5. The Morgan fingerprint density at radius 1 is 1.23 bits per heavy atom. The van der Waals surface area contributed by atoms with E-state index in [9.17, 15) is 9.59 Å². The van der Waals surface area contributed by atoms with Crippen LogP contribution in [0.4, 0.5) is 5.00 Å². The van der Waals surface area contributed by atoms with Crippen LogP contribution >= 0.6 is 11.3 Å². The maximum absolute atomic E-state index is 12.9. The molecule has 1 aliphatic carbocycles. The summed E-state index contributed by atoms with van der Waals surface area (Å²) in [6.07, 6.45) is 0.824. The van der Waals surface area contributed by atoms with Crippen molar-refractivity contribution in [3.8, 4) is 0 Å². The van der Waals surface area contributed by atoms with Gasteiger partial charge < -0.3 is 10.1 Å². The lowest BCUT2D eigenvalue weighted by atomic mass is 10.0. The molecule has 0 radical (unpaired) electrons. The topological polar surface area (TPSA) is 58.6 Å². The van der Waals surface area contributed by atoms with Crippen LogP contribution in [0.3, 0.4) is 0 Å². The zero-order valence-corrected chi connectivity index (χ0v) is 17.5. The van der Waals surface area contributed by atoms with E-state index in [4.69, 9.17) is 4.74 Å². The van der Waals surface area contributed by atoms with Crippen LogP contribution in [-0.2, 0) is 22.5 Å². The van der Waals surface area contributed by atoms with Crippen molar-refractivity contribution in [2.24, 2.45) is 16.7 Å². The van der Waals surface area contributed by atoms with Crippen LogP contribution in [0.5, 0.6) is 0 Å². The van der Waals surface area contributed by atoms with Crippen molar-refractivity contribution in [3.63, 3.8) is 0 Å². The SMILES string of the molecule is CCOC(=O)c1c(NC(=O)C2C(C)(C)C2(C)C)sc2c1CCN(CC)C2. The fraction of sp³-hybridized carbons (Fsp3) is 0.700. The monoisotopic (exact) mass is 378 g/mol. The molecule has 5 nitrogen and oxygen atoms in total. The summed E-state index contributed by atoms with van der Waals surface area (Å²) in [6.45, 7) is 15.5. The van der Waals surface area contributed by atoms with Crippen molar-refractivity contribution in [1.82, 2.24) is 4.90 Å². The largest absolute Gasteiger partial charge is 0.462 e. The highest BCUT2D eigenvalue weighted by Crippen LogP contribution is 2.68. The zero-order valence-electron chi connectivity index (χ0n) is 16.7. The third-order valence-electron chi connectivity index (χ3n) is 6.58. The van der Waals surface area contributed by atoms with Gasteiger partial charge >= 0.3 is 5.97 Å². The van der Waals surface area contributed by atoms with Gasteiger partial charge in [0.1, 0.15) is 5.00 Å². The summed E-state index contributed by atoms with van der Waals surface area (Å²) < 4.78 is 5.29. The lowest BCUT2D eigenvalue weighted by Crippen LogP contribution is -2.30. The Balaban J connectivity index is 1.90. The maximum Gasteiger partial charge on any atom is 0.341 e. The molecule has 1 N–H and O–H groups in total. The van der Waals surface area contributed by atoms with E-state index < -0.39 is 0 Å². The fourth-order valence-electron chi connectivity index (χ4n) is 4.27. The fourth-order valence-corrected chi connectivity index (χ4v) is 5.55. The summed E-state index contributed by atoms with van der Waals surface area (Å²) in [5.74, 6) is -0.354. The number of esters is 1. The number of fused-ring (bicyclic) bond motifs is 1. The van der Waals surface area contributed by atoms with Crippen LogP contribution in [0.1, 0.15) is 62.3 Å². The first kappa shape index (κ1) is 19.4. The number of carbonyl (C=O) groups excluding carboxylic acids is 2. The third-order valence-corrected chi connectivity index (χ3v) is 7.71. The normalized spacial score (nSPS) is 21.2. The highest BCUT2D eigenvalue weighted by atomic mass is 32.1. The van der Waals surface area contributed by atoms with Gasteiger partial charge in [-0.05, 0) is 36.3 Å². The number of hydrogen-bond donors (Lipinski definition) is 1. The van der Waals surface area contributed by atoms with E-state index in [0.717, 1.165) is 31.6 Å². The summed E-state index contributed by atoms with van der Waals surface area (Å²) in [6, 6.07) is 0. The molecule has 26 heavy (non-hydrogen) atoms. The van der Waals surface area contributed by atoms with Crippen LogP contribution in [0.15, 0.2) is 0 Å². The van der Waals surface area contributed by atoms with E-state index in [0.29, 0.717) is 17.2 Å². The van der Waals surface area contributed by atoms with Crippen LogP contribution in [-0.4, -0.2) is 36.5 Å². The Hall–Kier alpha value is -1.40. The van der Waals surface area contributed by atoms with Crippen LogP contribution < -0.4 is 5.32 Å². The third kappa shape index (κ3) is 2.97. The molecule has 0 saturated heterocycles. The van der Waals surface area contributed by atoms with Crippen molar-refractivity contribution in [2.75, 3.05) is 25.0 Å². The number of nitrogens with zero attached hydrogens (tertiary/aromatic N) is 1. The minimum Gasteiger partial charge on any atom is -0.462 e. The molecule has 0 spiro atoms. The first-order valence-electron chi connectivity index (χ1n) is 9.50. The molecule has 6 heteroatoms. The molecule has 0 aromatic carbocycles. The van der Waals surface area contributed by atoms with Crippen molar-refractivity contribution in [2.45, 2.75) is 54.5 Å². The van der Waals surface area contributed by atoms with E-state index in [1.807, 2.05) is 6.92 Å². The summed E-state index contributed by atoms with van der Waals surface area (Å²) in [4.78, 5) is 29.0. The molecule has 3 rings (SSSR count). The van der Waals surface area contributed by atoms with Gasteiger partial charge in [-0.3, -0.25) is 9.69 Å². The highest BCUT2D eigenvalue weighted by molar-refractivity contribution is 7.17. The summed E-state index contributed by atoms with van der Waals surface area (Å²) in [7, 11) is 0. The average Bonchev–Trinajstić information content (AvgIpc) is 2.83. The van der Waals surface area contributed by atoms with E-state index in [-0.39, 0.29) is 28.6 Å². The number of anilines is 1. The van der Waals surface area contributed by atoms with Crippen molar-refractivity contribution in [3.05, 3.63) is 16.0 Å². The Kier molecular flexibility index (Phi) is 4.95. The number of likely N-dealkylation sites (N-methyl/N-ethyl adjacent to an activating group) is 1. The number of rotatable bonds is 5. The molecule has 1 fully saturated rings. The number of carbonyl (C=O) groups is 2. The molecule has 0 unspecified atom stereocenters. The second-order valence-corrected chi connectivity index (χ2v) is 9.52.